The van der Waals surface area contributed by atoms with E-state index < -0.39 is 0 Å². The molecule has 26 heavy (non-hydrogen) atoms. The lowest BCUT2D eigenvalue weighted by Gasteiger charge is -2.08. The van der Waals surface area contributed by atoms with Gasteiger partial charge < -0.3 is 0 Å². The lowest BCUT2D eigenvalue weighted by molar-refractivity contribution is 1.10. The second-order valence-electron chi connectivity index (χ2n) is 5.85. The van der Waals surface area contributed by atoms with Gasteiger partial charge in [0.05, 0.1) is 11.4 Å². The van der Waals surface area contributed by atoms with Crippen molar-refractivity contribution in [2.75, 3.05) is 5.43 Å². The Hall–Kier alpha value is -3.31. The Morgan fingerprint density at radius 1 is 0.692 bits per heavy atom. The molecule has 126 valence electrons. The summed E-state index contributed by atoms with van der Waals surface area (Å²) in [7, 11) is 0. The molecule has 0 bridgehead atoms. The zero-order chi connectivity index (χ0) is 17.8. The number of hydrazine groups is 1. The van der Waals surface area contributed by atoms with Gasteiger partial charge >= 0.3 is 0 Å². The minimum absolute atomic E-state index is 0.270. The van der Waals surface area contributed by atoms with Gasteiger partial charge in [0.2, 0.25) is 5.11 Å². The first-order valence-corrected chi connectivity index (χ1v) is 8.64. The highest BCUT2D eigenvalue weighted by Crippen LogP contribution is 2.21. The summed E-state index contributed by atoms with van der Waals surface area (Å²) in [6.07, 6.45) is 0. The van der Waals surface area contributed by atoms with Crippen molar-refractivity contribution in [2.45, 2.75) is 0 Å². The number of hydrogen-bond acceptors (Lipinski definition) is 3. The van der Waals surface area contributed by atoms with E-state index in [2.05, 4.69) is 45.3 Å². The summed E-state index contributed by atoms with van der Waals surface area (Å²) in [6, 6.07) is 28.3. The first-order valence-electron chi connectivity index (χ1n) is 8.23. The van der Waals surface area contributed by atoms with Crippen molar-refractivity contribution < 1.29 is 0 Å². The van der Waals surface area contributed by atoms with Crippen molar-refractivity contribution in [3.8, 4) is 0 Å². The Kier molecular flexibility index (Phi) is 4.53. The van der Waals surface area contributed by atoms with Gasteiger partial charge in [-0.25, -0.2) is 0 Å². The van der Waals surface area contributed by atoms with Gasteiger partial charge in [0, 0.05) is 0 Å². The van der Waals surface area contributed by atoms with E-state index in [-0.39, 0.29) is 5.11 Å². The quantitative estimate of drug-likeness (QED) is 0.270. The molecule has 5 heteroatoms. The molecule has 0 radical (unpaired) electrons. The predicted octanol–water partition coefficient (Wildman–Crippen LogP) is 5.98. The minimum atomic E-state index is 0.270. The third kappa shape index (κ3) is 3.68. The minimum Gasteiger partial charge on any atom is -0.299 e. The number of nitrogens with zero attached hydrogens (tertiary/aromatic N) is 2. The zero-order valence-electron chi connectivity index (χ0n) is 13.9. The summed E-state index contributed by atoms with van der Waals surface area (Å²) in [4.78, 5) is 0. The van der Waals surface area contributed by atoms with E-state index in [0.717, 1.165) is 22.1 Å². The van der Waals surface area contributed by atoms with Crippen LogP contribution in [0.5, 0.6) is 0 Å². The van der Waals surface area contributed by atoms with Crippen molar-refractivity contribution in [1.82, 2.24) is 5.43 Å². The molecule has 4 nitrogen and oxygen atoms in total. The summed E-state index contributed by atoms with van der Waals surface area (Å²) < 4.78 is 0. The predicted molar refractivity (Wildman–Crippen MR) is 112 cm³/mol. The van der Waals surface area contributed by atoms with Crippen LogP contribution in [0.4, 0.5) is 11.4 Å². The smallest absolute Gasteiger partial charge is 0.232 e. The van der Waals surface area contributed by atoms with Crippen molar-refractivity contribution in [2.24, 2.45) is 10.2 Å². The third-order valence-corrected chi connectivity index (χ3v) is 4.24. The number of rotatable bonds is 3. The highest BCUT2D eigenvalue weighted by Gasteiger charge is 1.98. The normalized spacial score (nSPS) is 11.1. The maximum atomic E-state index is 5.21. The molecule has 4 aromatic rings. The molecular weight excluding hydrogens is 340 g/mol. The van der Waals surface area contributed by atoms with Gasteiger partial charge in [0.15, 0.2) is 0 Å². The molecule has 0 unspecified atom stereocenters. The summed E-state index contributed by atoms with van der Waals surface area (Å²) in [6.45, 7) is 0. The first-order chi connectivity index (χ1) is 12.8. The van der Waals surface area contributed by atoms with E-state index in [0.29, 0.717) is 0 Å². The van der Waals surface area contributed by atoms with E-state index >= 15 is 0 Å². The first kappa shape index (κ1) is 16.2. The second-order valence-corrected chi connectivity index (χ2v) is 6.24. The summed E-state index contributed by atoms with van der Waals surface area (Å²) in [5, 5.41) is 13.2. The molecule has 2 N–H and O–H groups in total. The van der Waals surface area contributed by atoms with Gasteiger partial charge in [-0.05, 0) is 58.0 Å². The average molecular weight is 356 g/mol. The molecule has 0 amide bonds. The van der Waals surface area contributed by atoms with Crippen molar-refractivity contribution in [3.05, 3.63) is 84.9 Å². The third-order valence-electron chi connectivity index (χ3n) is 4.05. The molecule has 0 aliphatic heterocycles. The topological polar surface area (TPSA) is 48.8 Å². The summed E-state index contributed by atoms with van der Waals surface area (Å²) >= 11 is 5.21. The van der Waals surface area contributed by atoms with E-state index in [4.69, 9.17) is 12.2 Å². The Morgan fingerprint density at radius 3 is 2.04 bits per heavy atom. The number of nitrogens with one attached hydrogen (secondary N) is 2. The van der Waals surface area contributed by atoms with Crippen molar-refractivity contribution in [1.29, 1.82) is 0 Å². The number of benzene rings is 4. The van der Waals surface area contributed by atoms with Gasteiger partial charge in [-0.3, -0.25) is 10.9 Å². The zero-order valence-corrected chi connectivity index (χ0v) is 14.7. The van der Waals surface area contributed by atoms with Crippen LogP contribution in [0.1, 0.15) is 0 Å². The number of thiocarbonyl (C=S) groups is 1. The van der Waals surface area contributed by atoms with Gasteiger partial charge in [-0.1, -0.05) is 60.7 Å². The van der Waals surface area contributed by atoms with Crippen LogP contribution in [0.3, 0.4) is 0 Å². The molecule has 0 aromatic heterocycles. The number of fused-ring (bicyclic) bond motifs is 2. The molecule has 4 rings (SSSR count). The van der Waals surface area contributed by atoms with Gasteiger partial charge in [0.1, 0.15) is 0 Å². The average Bonchev–Trinajstić information content (AvgIpc) is 2.70. The van der Waals surface area contributed by atoms with Crippen LogP contribution < -0.4 is 10.9 Å². The van der Waals surface area contributed by atoms with E-state index in [9.17, 15) is 0 Å². The van der Waals surface area contributed by atoms with Crippen LogP contribution in [0.2, 0.25) is 0 Å². The molecule has 0 heterocycles. The number of anilines is 1. The molecule has 4 aromatic carbocycles. The van der Waals surface area contributed by atoms with Crippen LogP contribution in [-0.4, -0.2) is 5.11 Å². The number of azo groups is 1. The molecule has 0 aliphatic carbocycles. The largest absolute Gasteiger partial charge is 0.299 e. The molecule has 0 aliphatic rings. The van der Waals surface area contributed by atoms with Crippen molar-refractivity contribution >= 4 is 50.2 Å². The maximum Gasteiger partial charge on any atom is 0.232 e. The van der Waals surface area contributed by atoms with Gasteiger partial charge in [-0.2, -0.15) is 0 Å². The van der Waals surface area contributed by atoms with Gasteiger partial charge in [-0.15, -0.1) is 10.2 Å². The Labute approximate surface area is 156 Å². The Balaban J connectivity index is 1.41. The lowest BCUT2D eigenvalue weighted by atomic mass is 10.1. The fourth-order valence-corrected chi connectivity index (χ4v) is 2.85. The van der Waals surface area contributed by atoms with Crippen molar-refractivity contribution in [3.63, 3.8) is 0 Å². The molecular formula is C21H16N4S. The van der Waals surface area contributed by atoms with Crippen LogP contribution in [-0.2, 0) is 0 Å². The monoisotopic (exact) mass is 356 g/mol. The van der Waals surface area contributed by atoms with Gasteiger partial charge in [0.25, 0.3) is 0 Å². The fourth-order valence-electron chi connectivity index (χ4n) is 2.76. The second kappa shape index (κ2) is 7.29. The van der Waals surface area contributed by atoms with Crippen LogP contribution >= 0.6 is 12.2 Å². The standard InChI is InChI=1S/C21H16N4S/c26-21(24-22-19-11-9-15-5-1-3-7-17(15)13-19)25-23-20-12-10-16-6-2-4-8-18(16)14-20/h1-14,22H,(H,24,26). The highest BCUT2D eigenvalue weighted by molar-refractivity contribution is 7.80. The van der Waals surface area contributed by atoms with E-state index in [1.54, 1.807) is 0 Å². The van der Waals surface area contributed by atoms with Crippen LogP contribution in [0.15, 0.2) is 95.2 Å². The Morgan fingerprint density at radius 2 is 1.31 bits per heavy atom. The molecule has 0 spiro atoms. The van der Waals surface area contributed by atoms with E-state index in [1.165, 1.54) is 10.8 Å². The lowest BCUT2D eigenvalue weighted by Crippen LogP contribution is -2.25. The van der Waals surface area contributed by atoms with E-state index in [1.807, 2.05) is 60.7 Å². The number of hydrogen-bond donors (Lipinski definition) is 2. The summed E-state index contributed by atoms with van der Waals surface area (Å²) in [5.41, 5.74) is 7.62. The molecule has 0 saturated heterocycles. The maximum absolute atomic E-state index is 5.21. The SMILES string of the molecule is S=C(N=Nc1ccc2ccccc2c1)NNc1ccc2ccccc2c1. The molecule has 0 saturated carbocycles. The van der Waals surface area contributed by atoms with Crippen LogP contribution in [0, 0.1) is 0 Å². The fraction of sp³-hybridized carbons (Fsp3) is 0. The Bertz CT molecular complexity index is 1120. The molecule has 0 atom stereocenters. The highest BCUT2D eigenvalue weighted by atomic mass is 32.1. The molecule has 0 fully saturated rings. The summed E-state index contributed by atoms with van der Waals surface area (Å²) in [5.74, 6) is 0. The van der Waals surface area contributed by atoms with Crippen LogP contribution in [0.25, 0.3) is 21.5 Å².